The van der Waals surface area contributed by atoms with Crippen molar-refractivity contribution in [3.05, 3.63) is 0 Å². The number of aliphatic hydroxyl groups is 1. The molecule has 176 valence electrons. The summed E-state index contributed by atoms with van der Waals surface area (Å²) in [7, 11) is 0. The van der Waals surface area contributed by atoms with Crippen molar-refractivity contribution in [3.63, 3.8) is 0 Å². The van der Waals surface area contributed by atoms with E-state index in [4.69, 9.17) is 10.9 Å². The molecule has 0 bridgehead atoms. The second-order valence-corrected chi connectivity index (χ2v) is 12.1. The van der Waals surface area contributed by atoms with Crippen LogP contribution in [-0.4, -0.2) is 28.1 Å². The van der Waals surface area contributed by atoms with Crippen LogP contribution in [0, 0.1) is 57.8 Å². The van der Waals surface area contributed by atoms with E-state index < -0.39 is 0 Å². The Bertz CT molecular complexity index is 682. The molecule has 5 heteroatoms. The predicted molar refractivity (Wildman–Crippen MR) is 125 cm³/mol. The van der Waals surface area contributed by atoms with Crippen LogP contribution in [0.15, 0.2) is 5.22 Å². The lowest BCUT2D eigenvalue weighted by Gasteiger charge is -2.57. The summed E-state index contributed by atoms with van der Waals surface area (Å²) >= 11 is 0. The van der Waals surface area contributed by atoms with Crippen molar-refractivity contribution >= 4 is 5.84 Å². The molecule has 4 saturated carbocycles. The summed E-state index contributed by atoms with van der Waals surface area (Å²) in [5, 5.41) is 24.2. The third kappa shape index (κ3) is 4.09. The molecule has 0 amide bonds. The molecule has 1 unspecified atom stereocenters. The number of rotatable bonds is 6. The van der Waals surface area contributed by atoms with Gasteiger partial charge in [-0.05, 0) is 118 Å². The average Bonchev–Trinajstić information content (AvgIpc) is 3.08. The van der Waals surface area contributed by atoms with Gasteiger partial charge < -0.3 is 5.11 Å². The van der Waals surface area contributed by atoms with Crippen LogP contribution in [0.25, 0.3) is 0 Å². The number of nitrogens with one attached hydrogen (secondary N) is 2. The lowest BCUT2D eigenvalue weighted by Crippen LogP contribution is -2.51. The summed E-state index contributed by atoms with van der Waals surface area (Å²) in [4.78, 5) is 0. The predicted octanol–water partition coefficient (Wildman–Crippen LogP) is 6.67. The van der Waals surface area contributed by atoms with Gasteiger partial charge in [-0.15, -0.1) is 0 Å². The van der Waals surface area contributed by atoms with Crippen LogP contribution in [0.4, 0.5) is 0 Å². The topological polar surface area (TPSA) is 83.5 Å². The number of fused-ring (bicyclic) bond motifs is 5. The van der Waals surface area contributed by atoms with Crippen LogP contribution in [0.3, 0.4) is 0 Å². The van der Waals surface area contributed by atoms with Crippen LogP contribution in [-0.2, 0) is 0 Å². The van der Waals surface area contributed by atoms with Crippen molar-refractivity contribution < 1.29 is 5.11 Å². The Morgan fingerprint density at radius 2 is 1.84 bits per heavy atom. The van der Waals surface area contributed by atoms with E-state index in [9.17, 15) is 5.11 Å². The Morgan fingerprint density at radius 1 is 1.10 bits per heavy atom. The first-order chi connectivity index (χ1) is 14.7. The second kappa shape index (κ2) is 8.76. The van der Waals surface area contributed by atoms with E-state index in [0.29, 0.717) is 29.6 Å². The lowest BCUT2D eigenvalue weighted by molar-refractivity contribution is -0.110. The maximum absolute atomic E-state index is 11.1. The van der Waals surface area contributed by atoms with Gasteiger partial charge in [0.15, 0.2) is 0 Å². The first-order valence-electron chi connectivity index (χ1n) is 13.1. The highest BCUT2D eigenvalue weighted by Gasteiger charge is 2.58. The highest BCUT2D eigenvalue weighted by atomic mass is 16.3. The van der Waals surface area contributed by atoms with Gasteiger partial charge in [0.05, 0.1) is 5.60 Å². The maximum atomic E-state index is 11.1. The third-order valence-corrected chi connectivity index (χ3v) is 10.5. The van der Waals surface area contributed by atoms with E-state index in [0.717, 1.165) is 55.3 Å². The zero-order valence-electron chi connectivity index (χ0n) is 20.4. The molecule has 0 aromatic carbocycles. The minimum atomic E-state index is -0.373. The van der Waals surface area contributed by atoms with Crippen molar-refractivity contribution in [1.29, 1.82) is 10.9 Å². The molecule has 0 spiro atoms. The van der Waals surface area contributed by atoms with Crippen molar-refractivity contribution in [2.24, 2.45) is 52.1 Å². The number of hydrogen-bond acceptors (Lipinski definition) is 4. The van der Waals surface area contributed by atoms with Gasteiger partial charge in [0, 0.05) is 6.54 Å². The molecule has 0 radical (unpaired) electrons. The lowest BCUT2D eigenvalue weighted by atomic mass is 9.48. The van der Waals surface area contributed by atoms with E-state index in [1.165, 1.54) is 44.9 Å². The van der Waals surface area contributed by atoms with E-state index in [1.807, 2.05) is 0 Å². The second-order valence-electron chi connectivity index (χ2n) is 12.1. The maximum Gasteiger partial charge on any atom is 0.115 e. The van der Waals surface area contributed by atoms with Gasteiger partial charge in [-0.2, -0.15) is 5.53 Å². The zero-order valence-corrected chi connectivity index (χ0v) is 20.4. The molecule has 0 heterocycles. The molecular formula is C26H46N4O. The summed E-state index contributed by atoms with van der Waals surface area (Å²) in [6, 6.07) is 0. The molecule has 31 heavy (non-hydrogen) atoms. The third-order valence-electron chi connectivity index (χ3n) is 10.5. The Balaban J connectivity index is 1.45. The van der Waals surface area contributed by atoms with Crippen LogP contribution in [0.2, 0.25) is 0 Å². The van der Waals surface area contributed by atoms with Crippen LogP contribution in [0.5, 0.6) is 0 Å². The van der Waals surface area contributed by atoms with Crippen molar-refractivity contribution in [2.45, 2.75) is 104 Å². The Morgan fingerprint density at radius 3 is 2.52 bits per heavy atom. The monoisotopic (exact) mass is 430 g/mol. The van der Waals surface area contributed by atoms with Gasteiger partial charge in [-0.1, -0.05) is 32.4 Å². The van der Waals surface area contributed by atoms with Crippen LogP contribution in [0.1, 0.15) is 98.3 Å². The van der Waals surface area contributed by atoms with Crippen molar-refractivity contribution in [3.8, 4) is 0 Å². The SMILES string of the molecule is CCC[C@@]1(O)CC[C@H]2[C@@H](CC[C@@H]3[C@@H]2CC[C@]2(C)[C@@H](C(C)CN(N=N)C(C)=N)CC[C@@H]32)C1. The summed E-state index contributed by atoms with van der Waals surface area (Å²) < 4.78 is 0. The van der Waals surface area contributed by atoms with E-state index in [2.05, 4.69) is 26.0 Å². The minimum absolute atomic E-state index is 0.373. The normalized spacial score (nSPS) is 45.2. The Kier molecular flexibility index (Phi) is 6.55. The summed E-state index contributed by atoms with van der Waals surface area (Å²) in [5.41, 5.74) is 7.48. The molecule has 4 fully saturated rings. The molecule has 9 atom stereocenters. The molecular weight excluding hydrogens is 384 g/mol. The van der Waals surface area contributed by atoms with Gasteiger partial charge in [0.2, 0.25) is 0 Å². The Hall–Kier alpha value is -0.970. The summed E-state index contributed by atoms with van der Waals surface area (Å²) in [6.45, 7) is 9.56. The summed E-state index contributed by atoms with van der Waals surface area (Å²) in [6.07, 6.45) is 13.5. The molecule has 4 aliphatic carbocycles. The number of nitrogens with zero attached hydrogens (tertiary/aromatic N) is 2. The van der Waals surface area contributed by atoms with Crippen molar-refractivity contribution in [1.82, 2.24) is 5.01 Å². The van der Waals surface area contributed by atoms with E-state index in [1.54, 1.807) is 11.9 Å². The minimum Gasteiger partial charge on any atom is -0.390 e. The standard InChI is InChI=1S/C26H46N4O/c1-5-12-26(31)14-11-20-19(15-26)6-7-22-21(20)10-13-25(4)23(8-9-24(22)25)17(2)16-30(29-28)18(3)27/h17,19-24,27-28,31H,5-16H2,1-4H3/t17?,19-,20-,21+,22+,23+,24-,25+,26+/m0/s1. The van der Waals surface area contributed by atoms with Gasteiger partial charge in [-0.3, -0.25) is 5.41 Å². The number of hydrogen-bond donors (Lipinski definition) is 3. The first kappa shape index (κ1) is 23.2. The first-order valence-corrected chi connectivity index (χ1v) is 13.1. The molecule has 3 N–H and O–H groups in total. The fraction of sp³-hybridized carbons (Fsp3) is 0.962. The fourth-order valence-corrected chi connectivity index (χ4v) is 9.28. The van der Waals surface area contributed by atoms with E-state index in [-0.39, 0.29) is 5.60 Å². The molecule has 0 aromatic heterocycles. The largest absolute Gasteiger partial charge is 0.390 e. The highest BCUT2D eigenvalue weighted by Crippen LogP contribution is 2.65. The highest BCUT2D eigenvalue weighted by molar-refractivity contribution is 5.75. The summed E-state index contributed by atoms with van der Waals surface area (Å²) in [5.74, 6) is 5.76. The molecule has 0 aliphatic heterocycles. The van der Waals surface area contributed by atoms with Crippen LogP contribution >= 0.6 is 0 Å². The number of amidine groups is 1. The van der Waals surface area contributed by atoms with Gasteiger partial charge >= 0.3 is 0 Å². The fourth-order valence-electron chi connectivity index (χ4n) is 9.28. The molecule has 4 rings (SSSR count). The van der Waals surface area contributed by atoms with E-state index >= 15 is 0 Å². The smallest absolute Gasteiger partial charge is 0.115 e. The van der Waals surface area contributed by atoms with Gasteiger partial charge in [0.1, 0.15) is 5.84 Å². The molecule has 0 saturated heterocycles. The van der Waals surface area contributed by atoms with Gasteiger partial charge in [0.25, 0.3) is 0 Å². The molecule has 0 aromatic rings. The van der Waals surface area contributed by atoms with Crippen molar-refractivity contribution in [2.75, 3.05) is 6.54 Å². The zero-order chi connectivity index (χ0) is 22.4. The van der Waals surface area contributed by atoms with Crippen LogP contribution < -0.4 is 0 Å². The Labute approximate surface area is 189 Å². The molecule has 4 aliphatic rings. The average molecular weight is 431 g/mol. The quantitative estimate of drug-likeness (QED) is 0.190. The van der Waals surface area contributed by atoms with Gasteiger partial charge in [-0.25, -0.2) is 5.01 Å². The molecule has 5 nitrogen and oxygen atoms in total.